The molecule has 1 fully saturated rings. The number of nitrogens with one attached hydrogen (secondary N) is 1. The number of aliphatic hydroxyl groups excluding tert-OH is 2. The van der Waals surface area contributed by atoms with Gasteiger partial charge in [-0.3, -0.25) is 9.36 Å². The molecule has 3 atom stereocenters. The predicted molar refractivity (Wildman–Crippen MR) is 134 cm³/mol. The van der Waals surface area contributed by atoms with Gasteiger partial charge in [0.15, 0.2) is 0 Å². The highest BCUT2D eigenvalue weighted by molar-refractivity contribution is 5.87. The molecule has 0 bridgehead atoms. The number of hydrogen-bond acceptors (Lipinski definition) is 7. The summed E-state index contributed by atoms with van der Waals surface area (Å²) in [7, 11) is 1.00. The van der Waals surface area contributed by atoms with E-state index in [0.717, 1.165) is 19.1 Å². The minimum absolute atomic E-state index is 0.0868. The standard InChI is InChI=1S/C20H25N3O5.2C2H6.CH4O/c1-13-10-16(25)11-19(27-13)28-17-7-5-3-4-6-15(17)12-23-9-8-18(21-14(2)24)22-20(23)26;3*1-2/h4-9,13,16,19,25H,3,10-12H2,1-2H3,(H,21,22,24,26);2*1-2H3;2H,1H3. The number of carbonyl (C=O) groups excluding carboxylic acids is 1. The van der Waals surface area contributed by atoms with Gasteiger partial charge < -0.3 is 25.0 Å². The summed E-state index contributed by atoms with van der Waals surface area (Å²) >= 11 is 0. The van der Waals surface area contributed by atoms with Crippen LogP contribution >= 0.6 is 0 Å². The Hall–Kier alpha value is -2.75. The molecule has 0 saturated carbocycles. The average molecular weight is 480 g/mol. The van der Waals surface area contributed by atoms with Gasteiger partial charge in [-0.15, -0.1) is 0 Å². The van der Waals surface area contributed by atoms with E-state index in [1.165, 1.54) is 11.5 Å². The zero-order chi connectivity index (χ0) is 26.1. The van der Waals surface area contributed by atoms with E-state index >= 15 is 0 Å². The number of rotatable bonds is 5. The van der Waals surface area contributed by atoms with Crippen molar-refractivity contribution in [2.45, 2.75) is 85.8 Å². The molecular formula is C25H41N3O6. The van der Waals surface area contributed by atoms with Crippen molar-refractivity contribution < 1.29 is 24.5 Å². The van der Waals surface area contributed by atoms with Crippen LogP contribution < -0.4 is 11.0 Å². The molecule has 9 nitrogen and oxygen atoms in total. The molecule has 1 aliphatic heterocycles. The van der Waals surface area contributed by atoms with E-state index in [9.17, 15) is 14.7 Å². The number of allylic oxidation sites excluding steroid dienone is 5. The molecule has 3 unspecified atom stereocenters. The highest BCUT2D eigenvalue weighted by Crippen LogP contribution is 2.25. The Labute approximate surface area is 202 Å². The highest BCUT2D eigenvalue weighted by Gasteiger charge is 2.27. The van der Waals surface area contributed by atoms with Gasteiger partial charge in [-0.2, -0.15) is 4.98 Å². The lowest BCUT2D eigenvalue weighted by atomic mass is 10.1. The number of anilines is 1. The molecule has 192 valence electrons. The minimum Gasteiger partial charge on any atom is -0.464 e. The number of aliphatic hydroxyl groups is 2. The lowest BCUT2D eigenvalue weighted by Crippen LogP contribution is -2.35. The average Bonchev–Trinajstić information content (AvgIpc) is 3.03. The maximum atomic E-state index is 12.3. The van der Waals surface area contributed by atoms with E-state index in [2.05, 4.69) is 10.3 Å². The van der Waals surface area contributed by atoms with Crippen LogP contribution in [0.5, 0.6) is 0 Å². The van der Waals surface area contributed by atoms with Crippen molar-refractivity contribution in [1.29, 1.82) is 0 Å². The Morgan fingerprint density at radius 3 is 2.44 bits per heavy atom. The Bertz CT molecular complexity index is 866. The summed E-state index contributed by atoms with van der Waals surface area (Å²) in [6, 6.07) is 1.57. The van der Waals surface area contributed by atoms with Gasteiger partial charge in [0.25, 0.3) is 0 Å². The molecule has 3 rings (SSSR count). The maximum Gasteiger partial charge on any atom is 0.349 e. The Kier molecular flexibility index (Phi) is 16.3. The summed E-state index contributed by atoms with van der Waals surface area (Å²) < 4.78 is 13.2. The van der Waals surface area contributed by atoms with Gasteiger partial charge in [-0.05, 0) is 31.9 Å². The Balaban J connectivity index is 0.00000168. The summed E-state index contributed by atoms with van der Waals surface area (Å²) in [5.74, 6) is 0.524. The molecule has 0 spiro atoms. The molecular weight excluding hydrogens is 438 g/mol. The smallest absolute Gasteiger partial charge is 0.349 e. The van der Waals surface area contributed by atoms with Crippen LogP contribution in [-0.4, -0.2) is 51.3 Å². The second-order valence-corrected chi connectivity index (χ2v) is 6.95. The summed E-state index contributed by atoms with van der Waals surface area (Å²) in [6.45, 7) is 11.5. The Morgan fingerprint density at radius 1 is 1.21 bits per heavy atom. The quantitative estimate of drug-likeness (QED) is 0.590. The highest BCUT2D eigenvalue weighted by atomic mass is 16.7. The van der Waals surface area contributed by atoms with Gasteiger partial charge >= 0.3 is 5.69 Å². The van der Waals surface area contributed by atoms with Gasteiger partial charge in [-0.25, -0.2) is 4.79 Å². The van der Waals surface area contributed by atoms with E-state index in [4.69, 9.17) is 14.6 Å². The summed E-state index contributed by atoms with van der Waals surface area (Å²) in [6.07, 6.45) is 9.92. The van der Waals surface area contributed by atoms with E-state index in [1.807, 2.05) is 58.9 Å². The normalized spacial score (nSPS) is 20.9. The third-order valence-electron chi connectivity index (χ3n) is 4.41. The molecule has 0 radical (unpaired) electrons. The van der Waals surface area contributed by atoms with Crippen molar-refractivity contribution in [3.05, 3.63) is 58.4 Å². The molecule has 2 heterocycles. The van der Waals surface area contributed by atoms with Crippen molar-refractivity contribution in [2.75, 3.05) is 12.4 Å². The lowest BCUT2D eigenvalue weighted by molar-refractivity contribution is -0.192. The molecule has 3 N–H and O–H groups in total. The van der Waals surface area contributed by atoms with Crippen molar-refractivity contribution in [1.82, 2.24) is 9.55 Å². The second kappa shape index (κ2) is 17.7. The van der Waals surface area contributed by atoms with Crippen molar-refractivity contribution in [3.8, 4) is 0 Å². The monoisotopic (exact) mass is 479 g/mol. The van der Waals surface area contributed by atoms with Crippen LogP contribution in [0.4, 0.5) is 5.82 Å². The van der Waals surface area contributed by atoms with E-state index in [-0.39, 0.29) is 24.4 Å². The van der Waals surface area contributed by atoms with Gasteiger partial charge in [0.2, 0.25) is 12.2 Å². The minimum atomic E-state index is -0.545. The second-order valence-electron chi connectivity index (χ2n) is 6.95. The topological polar surface area (TPSA) is 123 Å². The van der Waals surface area contributed by atoms with Gasteiger partial charge in [-0.1, -0.05) is 45.9 Å². The molecule has 34 heavy (non-hydrogen) atoms. The van der Waals surface area contributed by atoms with Crippen LogP contribution in [0.25, 0.3) is 0 Å². The number of nitrogens with zero attached hydrogens (tertiary/aromatic N) is 2. The number of hydrogen-bond donors (Lipinski definition) is 3. The van der Waals surface area contributed by atoms with Crippen molar-refractivity contribution in [3.63, 3.8) is 0 Å². The van der Waals surface area contributed by atoms with E-state index in [0.29, 0.717) is 18.6 Å². The number of aromatic nitrogens is 2. The Morgan fingerprint density at radius 2 is 1.85 bits per heavy atom. The number of ether oxygens (including phenoxy) is 2. The molecule has 9 heteroatoms. The van der Waals surface area contributed by atoms with Crippen LogP contribution in [0.2, 0.25) is 0 Å². The maximum absolute atomic E-state index is 12.3. The predicted octanol–water partition coefficient (Wildman–Crippen LogP) is 3.54. The lowest BCUT2D eigenvalue weighted by Gasteiger charge is -2.32. The number of carbonyl (C=O) groups is 1. The first-order valence-corrected chi connectivity index (χ1v) is 11.8. The van der Waals surface area contributed by atoms with Crippen molar-refractivity contribution in [2.24, 2.45) is 0 Å². The van der Waals surface area contributed by atoms with Crippen molar-refractivity contribution >= 4 is 11.7 Å². The largest absolute Gasteiger partial charge is 0.464 e. The zero-order valence-corrected chi connectivity index (χ0v) is 21.4. The van der Waals surface area contributed by atoms with Crippen LogP contribution in [0.15, 0.2) is 52.7 Å². The molecule has 1 amide bonds. The zero-order valence-electron chi connectivity index (χ0n) is 21.4. The van der Waals surface area contributed by atoms with E-state index < -0.39 is 18.1 Å². The molecule has 1 aromatic heterocycles. The summed E-state index contributed by atoms with van der Waals surface area (Å²) in [5, 5.41) is 19.5. The fourth-order valence-corrected chi connectivity index (χ4v) is 3.17. The number of amides is 1. The van der Waals surface area contributed by atoms with Crippen LogP contribution in [0.3, 0.4) is 0 Å². The van der Waals surface area contributed by atoms with Crippen LogP contribution in [0, 0.1) is 0 Å². The molecule has 1 aromatic rings. The van der Waals surface area contributed by atoms with Gasteiger partial charge in [0.05, 0.1) is 18.8 Å². The van der Waals surface area contributed by atoms with E-state index in [1.54, 1.807) is 12.3 Å². The third-order valence-corrected chi connectivity index (χ3v) is 4.41. The van der Waals surface area contributed by atoms with Gasteiger partial charge in [0.1, 0.15) is 11.6 Å². The molecule has 1 aliphatic carbocycles. The fraction of sp³-hybridized carbons (Fsp3) is 0.560. The first-order chi connectivity index (χ1) is 16.4. The fourth-order valence-electron chi connectivity index (χ4n) is 3.17. The van der Waals surface area contributed by atoms with Crippen LogP contribution in [0.1, 0.15) is 60.8 Å². The van der Waals surface area contributed by atoms with Gasteiger partial charge in [0, 0.05) is 32.2 Å². The third kappa shape index (κ3) is 10.9. The SMILES string of the molecule is CC.CC.CC(=O)Nc1ccn(CC2=C(OC3CC(O)CC(C)O3)C=CCC=C2)c(=O)n1.CO. The molecule has 1 saturated heterocycles. The summed E-state index contributed by atoms with van der Waals surface area (Å²) in [5.41, 5.74) is 0.318. The molecule has 2 aliphatic rings. The summed E-state index contributed by atoms with van der Waals surface area (Å²) in [4.78, 5) is 27.3. The first-order valence-electron chi connectivity index (χ1n) is 11.8. The molecule has 0 aromatic carbocycles. The van der Waals surface area contributed by atoms with Crippen LogP contribution in [-0.2, 0) is 20.8 Å². The first kappa shape index (κ1) is 31.2.